The van der Waals surface area contributed by atoms with E-state index in [0.29, 0.717) is 19.6 Å². The van der Waals surface area contributed by atoms with Gasteiger partial charge in [-0.05, 0) is 49.9 Å². The van der Waals surface area contributed by atoms with Crippen LogP contribution in [-0.4, -0.2) is 38.1 Å². The second kappa shape index (κ2) is 7.90. The predicted molar refractivity (Wildman–Crippen MR) is 82.1 cm³/mol. The first kappa shape index (κ1) is 16.5. The summed E-state index contributed by atoms with van der Waals surface area (Å²) in [6.07, 6.45) is 2.15. The molecule has 4 heteroatoms. The molecule has 0 saturated heterocycles. The van der Waals surface area contributed by atoms with Gasteiger partial charge in [0.25, 0.3) is 0 Å². The lowest BCUT2D eigenvalue weighted by atomic mass is 10.0. The zero-order valence-corrected chi connectivity index (χ0v) is 13.0. The topological polar surface area (TPSA) is 55.6 Å². The summed E-state index contributed by atoms with van der Waals surface area (Å²) in [4.78, 5) is 13.1. The van der Waals surface area contributed by atoms with Crippen molar-refractivity contribution in [1.29, 1.82) is 0 Å². The molecule has 0 aromatic heterocycles. The van der Waals surface area contributed by atoms with Gasteiger partial charge in [-0.25, -0.2) is 0 Å². The molecule has 0 saturated carbocycles. The van der Waals surface area contributed by atoms with Gasteiger partial charge < -0.3 is 15.4 Å². The second-order valence-corrected chi connectivity index (χ2v) is 5.34. The first-order valence-electron chi connectivity index (χ1n) is 7.09. The highest BCUT2D eigenvalue weighted by atomic mass is 16.5. The number of ether oxygens (including phenoxy) is 1. The van der Waals surface area contributed by atoms with Crippen LogP contribution in [-0.2, 0) is 11.2 Å². The second-order valence-electron chi connectivity index (χ2n) is 5.34. The van der Waals surface area contributed by atoms with Crippen LogP contribution in [0.5, 0.6) is 5.75 Å². The van der Waals surface area contributed by atoms with Crippen molar-refractivity contribution in [3.63, 3.8) is 0 Å². The van der Waals surface area contributed by atoms with Gasteiger partial charge in [-0.1, -0.05) is 12.1 Å². The smallest absolute Gasteiger partial charge is 0.222 e. The summed E-state index contributed by atoms with van der Waals surface area (Å²) in [5, 5.41) is 0. The first-order chi connectivity index (χ1) is 9.45. The third-order valence-electron chi connectivity index (χ3n) is 3.23. The van der Waals surface area contributed by atoms with Gasteiger partial charge in [0.2, 0.25) is 5.91 Å². The molecule has 0 heterocycles. The largest absolute Gasteiger partial charge is 0.493 e. The highest BCUT2D eigenvalue weighted by Crippen LogP contribution is 2.25. The lowest BCUT2D eigenvalue weighted by molar-refractivity contribution is -0.128. The standard InChI is InChI=1S/C16H26N2O2/c1-12-10-14(7-8-17)11-13(2)16(12)20-9-5-6-15(19)18(3)4/h10-11H,5-9,17H2,1-4H3. The molecule has 0 bridgehead atoms. The minimum atomic E-state index is 0.139. The normalized spacial score (nSPS) is 10.4. The van der Waals surface area contributed by atoms with E-state index >= 15 is 0 Å². The van der Waals surface area contributed by atoms with E-state index in [-0.39, 0.29) is 5.91 Å². The van der Waals surface area contributed by atoms with Crippen LogP contribution >= 0.6 is 0 Å². The van der Waals surface area contributed by atoms with E-state index in [1.54, 1.807) is 19.0 Å². The maximum absolute atomic E-state index is 11.5. The van der Waals surface area contributed by atoms with E-state index in [0.717, 1.165) is 29.7 Å². The molecular formula is C16H26N2O2. The lowest BCUT2D eigenvalue weighted by Gasteiger charge is -2.14. The molecule has 20 heavy (non-hydrogen) atoms. The minimum Gasteiger partial charge on any atom is -0.493 e. The third-order valence-corrected chi connectivity index (χ3v) is 3.23. The average molecular weight is 278 g/mol. The summed E-state index contributed by atoms with van der Waals surface area (Å²) in [6.45, 7) is 5.32. The number of rotatable bonds is 7. The molecule has 0 unspecified atom stereocenters. The Hall–Kier alpha value is -1.55. The van der Waals surface area contributed by atoms with Crippen molar-refractivity contribution in [3.05, 3.63) is 28.8 Å². The molecule has 1 aromatic carbocycles. The molecule has 4 nitrogen and oxygen atoms in total. The van der Waals surface area contributed by atoms with Crippen LogP contribution in [0.3, 0.4) is 0 Å². The molecule has 0 fully saturated rings. The van der Waals surface area contributed by atoms with E-state index in [4.69, 9.17) is 10.5 Å². The molecule has 1 rings (SSSR count). The van der Waals surface area contributed by atoms with Gasteiger partial charge in [0.05, 0.1) is 6.61 Å². The summed E-state index contributed by atoms with van der Waals surface area (Å²) in [5.74, 6) is 1.07. The van der Waals surface area contributed by atoms with Crippen molar-refractivity contribution in [1.82, 2.24) is 4.90 Å². The quantitative estimate of drug-likeness (QED) is 0.777. The molecule has 0 atom stereocenters. The summed E-state index contributed by atoms with van der Waals surface area (Å²) in [5.41, 5.74) is 9.09. The fourth-order valence-electron chi connectivity index (χ4n) is 2.20. The number of hydrogen-bond donors (Lipinski definition) is 1. The summed E-state index contributed by atoms with van der Waals surface area (Å²) >= 11 is 0. The van der Waals surface area contributed by atoms with Gasteiger partial charge in [0, 0.05) is 20.5 Å². The Kier molecular flexibility index (Phi) is 6.52. The number of aryl methyl sites for hydroxylation is 2. The molecule has 1 aromatic rings. The SMILES string of the molecule is Cc1cc(CCN)cc(C)c1OCCCC(=O)N(C)C. The Morgan fingerprint density at radius 3 is 2.35 bits per heavy atom. The van der Waals surface area contributed by atoms with Crippen LogP contribution in [0.15, 0.2) is 12.1 Å². The fourth-order valence-corrected chi connectivity index (χ4v) is 2.20. The Balaban J connectivity index is 2.54. The van der Waals surface area contributed by atoms with Crippen LogP contribution in [0.25, 0.3) is 0 Å². The van der Waals surface area contributed by atoms with Crippen LogP contribution in [0, 0.1) is 13.8 Å². The van der Waals surface area contributed by atoms with Gasteiger partial charge in [0.1, 0.15) is 5.75 Å². The van der Waals surface area contributed by atoms with Crippen LogP contribution in [0.2, 0.25) is 0 Å². The Bertz CT molecular complexity index is 433. The molecule has 0 aliphatic rings. The van der Waals surface area contributed by atoms with Crippen LogP contribution in [0.4, 0.5) is 0 Å². The number of amides is 1. The molecule has 112 valence electrons. The molecule has 0 aliphatic heterocycles. The summed E-state index contributed by atoms with van der Waals surface area (Å²) < 4.78 is 5.83. The molecular weight excluding hydrogens is 252 g/mol. The van der Waals surface area contributed by atoms with Crippen molar-refractivity contribution in [2.24, 2.45) is 5.73 Å². The van der Waals surface area contributed by atoms with Gasteiger partial charge >= 0.3 is 0 Å². The number of benzene rings is 1. The van der Waals surface area contributed by atoms with Gasteiger partial charge in [-0.15, -0.1) is 0 Å². The van der Waals surface area contributed by atoms with Crippen molar-refractivity contribution >= 4 is 5.91 Å². The zero-order valence-electron chi connectivity index (χ0n) is 13.0. The minimum absolute atomic E-state index is 0.139. The average Bonchev–Trinajstić information content (AvgIpc) is 2.36. The highest BCUT2D eigenvalue weighted by Gasteiger charge is 2.08. The van der Waals surface area contributed by atoms with E-state index in [9.17, 15) is 4.79 Å². The predicted octanol–water partition coefficient (Wildman–Crippen LogP) is 2.05. The first-order valence-corrected chi connectivity index (χ1v) is 7.09. The number of hydrogen-bond acceptors (Lipinski definition) is 3. The maximum atomic E-state index is 11.5. The van der Waals surface area contributed by atoms with Gasteiger partial charge in [0.15, 0.2) is 0 Å². The number of carbonyl (C=O) groups excluding carboxylic acids is 1. The Labute approximate surface area is 121 Å². The molecule has 1 amide bonds. The third kappa shape index (κ3) is 4.85. The van der Waals surface area contributed by atoms with Gasteiger partial charge in [-0.2, -0.15) is 0 Å². The maximum Gasteiger partial charge on any atom is 0.222 e. The van der Waals surface area contributed by atoms with Crippen LogP contribution in [0.1, 0.15) is 29.5 Å². The van der Waals surface area contributed by atoms with Crippen molar-refractivity contribution in [2.45, 2.75) is 33.1 Å². The summed E-state index contributed by atoms with van der Waals surface area (Å²) in [6, 6.07) is 4.25. The van der Waals surface area contributed by atoms with Gasteiger partial charge in [-0.3, -0.25) is 4.79 Å². The summed E-state index contributed by atoms with van der Waals surface area (Å²) in [7, 11) is 3.54. The van der Waals surface area contributed by atoms with E-state index in [1.165, 1.54) is 5.56 Å². The molecule has 2 N–H and O–H groups in total. The number of nitrogens with two attached hydrogens (primary N) is 1. The number of carbonyl (C=O) groups is 1. The monoisotopic (exact) mass is 278 g/mol. The van der Waals surface area contributed by atoms with E-state index in [1.807, 2.05) is 13.8 Å². The van der Waals surface area contributed by atoms with Crippen molar-refractivity contribution in [2.75, 3.05) is 27.2 Å². The van der Waals surface area contributed by atoms with E-state index < -0.39 is 0 Å². The molecule has 0 spiro atoms. The zero-order chi connectivity index (χ0) is 15.1. The highest BCUT2D eigenvalue weighted by molar-refractivity contribution is 5.75. The van der Waals surface area contributed by atoms with Crippen LogP contribution < -0.4 is 10.5 Å². The Morgan fingerprint density at radius 2 is 1.85 bits per heavy atom. The molecule has 0 radical (unpaired) electrons. The number of nitrogens with zero attached hydrogens (tertiary/aromatic N) is 1. The molecule has 0 aliphatic carbocycles. The van der Waals surface area contributed by atoms with Crippen molar-refractivity contribution < 1.29 is 9.53 Å². The fraction of sp³-hybridized carbons (Fsp3) is 0.562. The van der Waals surface area contributed by atoms with E-state index in [2.05, 4.69) is 12.1 Å². The Morgan fingerprint density at radius 1 is 1.25 bits per heavy atom. The van der Waals surface area contributed by atoms with Crippen molar-refractivity contribution in [3.8, 4) is 5.75 Å². The lowest BCUT2D eigenvalue weighted by Crippen LogP contribution is -2.21.